The highest BCUT2D eigenvalue weighted by molar-refractivity contribution is 5.76. The largest absolute Gasteiger partial charge is 0.394 e. The van der Waals surface area contributed by atoms with E-state index in [2.05, 4.69) is 25.6 Å². The molecule has 1 aliphatic carbocycles. The molecule has 4 rings (SSSR count). The van der Waals surface area contributed by atoms with E-state index in [0.717, 1.165) is 12.8 Å². The normalized spacial score (nSPS) is 15.7. The Kier molecular flexibility index (Phi) is 6.64. The zero-order valence-corrected chi connectivity index (χ0v) is 15.9. The molecular formula is C21H29FN6O. The van der Waals surface area contributed by atoms with Crippen molar-refractivity contribution in [2.75, 3.05) is 17.2 Å². The molecule has 0 bridgehead atoms. The summed E-state index contributed by atoms with van der Waals surface area (Å²) in [5, 5.41) is 16.2. The van der Waals surface area contributed by atoms with E-state index in [-0.39, 0.29) is 25.9 Å². The quantitative estimate of drug-likeness (QED) is 0.559. The molecule has 3 aromatic rings. The Labute approximate surface area is 170 Å². The average Bonchev–Trinajstić information content (AvgIpc) is 3.07. The van der Waals surface area contributed by atoms with Gasteiger partial charge in [0, 0.05) is 6.04 Å². The Morgan fingerprint density at radius 2 is 1.97 bits per heavy atom. The summed E-state index contributed by atoms with van der Waals surface area (Å²) in [6.45, 7) is 1.77. The fourth-order valence-corrected chi connectivity index (χ4v) is 3.66. The van der Waals surface area contributed by atoms with Crippen molar-refractivity contribution in [2.45, 2.75) is 58.5 Å². The molecule has 29 heavy (non-hydrogen) atoms. The minimum atomic E-state index is -0.372. The van der Waals surface area contributed by atoms with E-state index in [1.165, 1.54) is 25.3 Å². The summed E-state index contributed by atoms with van der Waals surface area (Å²) in [5.41, 5.74) is 1.51. The number of aliphatic hydroxyl groups excluding tert-OH is 1. The van der Waals surface area contributed by atoms with Gasteiger partial charge in [0.2, 0.25) is 11.9 Å². The number of halogens is 1. The van der Waals surface area contributed by atoms with Gasteiger partial charge >= 0.3 is 0 Å². The van der Waals surface area contributed by atoms with Crippen molar-refractivity contribution in [1.82, 2.24) is 19.5 Å². The maximum absolute atomic E-state index is 14.1. The molecule has 1 aromatic carbocycles. The topological polar surface area (TPSA) is 87.9 Å². The number of nitrogens with one attached hydrogen (secondary N) is 2. The molecule has 0 unspecified atom stereocenters. The Balaban J connectivity index is 0.00000240. The van der Waals surface area contributed by atoms with Crippen molar-refractivity contribution in [1.29, 1.82) is 0 Å². The SMILES string of the molecule is C.C[C@@H](CO)n1c(Nc2ccccc2F)nc2cnc(NC3CCCCC3)nc21. The number of imidazole rings is 1. The van der Waals surface area contributed by atoms with Gasteiger partial charge in [-0.2, -0.15) is 4.98 Å². The number of anilines is 3. The number of nitrogens with zero attached hydrogens (tertiary/aromatic N) is 4. The van der Waals surface area contributed by atoms with Crippen LogP contribution >= 0.6 is 0 Å². The van der Waals surface area contributed by atoms with Crippen molar-refractivity contribution in [3.05, 3.63) is 36.3 Å². The molecule has 0 spiro atoms. The minimum absolute atomic E-state index is 0. The lowest BCUT2D eigenvalue weighted by Gasteiger charge is -2.22. The summed E-state index contributed by atoms with van der Waals surface area (Å²) in [6, 6.07) is 6.51. The van der Waals surface area contributed by atoms with E-state index in [4.69, 9.17) is 0 Å². The third-order valence-corrected chi connectivity index (χ3v) is 5.20. The highest BCUT2D eigenvalue weighted by Crippen LogP contribution is 2.27. The van der Waals surface area contributed by atoms with Gasteiger partial charge in [-0.15, -0.1) is 0 Å². The van der Waals surface area contributed by atoms with Crippen molar-refractivity contribution in [3.63, 3.8) is 0 Å². The molecule has 1 fully saturated rings. The number of para-hydroxylation sites is 1. The van der Waals surface area contributed by atoms with Crippen LogP contribution in [0.25, 0.3) is 11.2 Å². The smallest absolute Gasteiger partial charge is 0.224 e. The Hall–Kier alpha value is -2.74. The third kappa shape index (κ3) is 4.48. The number of aromatic nitrogens is 4. The summed E-state index contributed by atoms with van der Waals surface area (Å²) in [5.74, 6) is 0.609. The predicted octanol–water partition coefficient (Wildman–Crippen LogP) is 4.64. The van der Waals surface area contributed by atoms with Gasteiger partial charge in [0.05, 0.1) is 24.5 Å². The molecule has 2 aromatic heterocycles. The molecule has 7 nitrogen and oxygen atoms in total. The van der Waals surface area contributed by atoms with Crippen LogP contribution in [-0.2, 0) is 0 Å². The number of rotatable bonds is 6. The molecule has 0 radical (unpaired) electrons. The van der Waals surface area contributed by atoms with Gasteiger partial charge in [0.1, 0.15) is 11.3 Å². The van der Waals surface area contributed by atoms with Crippen LogP contribution in [0, 0.1) is 5.82 Å². The van der Waals surface area contributed by atoms with Crippen molar-refractivity contribution in [2.24, 2.45) is 0 Å². The molecule has 8 heteroatoms. The molecule has 3 N–H and O–H groups in total. The van der Waals surface area contributed by atoms with Crippen LogP contribution in [0.3, 0.4) is 0 Å². The number of benzene rings is 1. The van der Waals surface area contributed by atoms with Gasteiger partial charge < -0.3 is 15.7 Å². The third-order valence-electron chi connectivity index (χ3n) is 5.20. The van der Waals surface area contributed by atoms with Crippen molar-refractivity contribution in [3.8, 4) is 0 Å². The zero-order chi connectivity index (χ0) is 19.5. The van der Waals surface area contributed by atoms with Gasteiger partial charge in [-0.25, -0.2) is 14.4 Å². The predicted molar refractivity (Wildman–Crippen MR) is 114 cm³/mol. The lowest BCUT2D eigenvalue weighted by atomic mass is 9.96. The van der Waals surface area contributed by atoms with E-state index in [1.807, 2.05) is 6.92 Å². The first kappa shape index (κ1) is 21.0. The molecular weight excluding hydrogens is 371 g/mol. The van der Waals surface area contributed by atoms with Crippen LogP contribution in [0.4, 0.5) is 22.0 Å². The van der Waals surface area contributed by atoms with Crippen LogP contribution in [0.5, 0.6) is 0 Å². The fourth-order valence-electron chi connectivity index (χ4n) is 3.66. The lowest BCUT2D eigenvalue weighted by Crippen LogP contribution is -2.23. The monoisotopic (exact) mass is 400 g/mol. The van der Waals surface area contributed by atoms with Gasteiger partial charge in [-0.05, 0) is 31.9 Å². The highest BCUT2D eigenvalue weighted by Gasteiger charge is 2.20. The second-order valence-electron chi connectivity index (χ2n) is 7.32. The molecule has 0 aliphatic heterocycles. The summed E-state index contributed by atoms with van der Waals surface area (Å²) < 4.78 is 15.9. The summed E-state index contributed by atoms with van der Waals surface area (Å²) in [7, 11) is 0. The number of hydrogen-bond donors (Lipinski definition) is 3. The first-order valence-corrected chi connectivity index (χ1v) is 9.79. The maximum Gasteiger partial charge on any atom is 0.224 e. The number of fused-ring (bicyclic) bond motifs is 1. The van der Waals surface area contributed by atoms with E-state index in [9.17, 15) is 9.50 Å². The van der Waals surface area contributed by atoms with Crippen molar-refractivity contribution >= 4 is 28.7 Å². The second-order valence-corrected chi connectivity index (χ2v) is 7.32. The standard InChI is InChI=1S/C20H25FN6O.CH4/c1-13(12-28)27-18-17(25-20(27)24-16-10-6-5-9-15(16)21)11-22-19(26-18)23-14-7-3-2-4-8-14;/h5-6,9-11,13-14,28H,2-4,7-8,12H2,1H3,(H,24,25)(H,22,23,26);1H4/t13-;/m0./s1. The Morgan fingerprint density at radius 1 is 1.21 bits per heavy atom. The van der Waals surface area contributed by atoms with E-state index < -0.39 is 0 Å². The minimum Gasteiger partial charge on any atom is -0.394 e. The lowest BCUT2D eigenvalue weighted by molar-refractivity contribution is 0.242. The van der Waals surface area contributed by atoms with E-state index in [1.54, 1.807) is 29.0 Å². The van der Waals surface area contributed by atoms with Gasteiger partial charge in [-0.1, -0.05) is 38.8 Å². The molecule has 1 saturated carbocycles. The molecule has 1 atom stereocenters. The molecule has 1 aliphatic rings. The number of aliphatic hydroxyl groups is 1. The highest BCUT2D eigenvalue weighted by atomic mass is 19.1. The zero-order valence-electron chi connectivity index (χ0n) is 15.9. The first-order chi connectivity index (χ1) is 13.7. The molecule has 2 heterocycles. The van der Waals surface area contributed by atoms with Gasteiger partial charge in [-0.3, -0.25) is 4.57 Å². The van der Waals surface area contributed by atoms with Crippen LogP contribution < -0.4 is 10.6 Å². The van der Waals surface area contributed by atoms with E-state index >= 15 is 0 Å². The average molecular weight is 401 g/mol. The van der Waals surface area contributed by atoms with E-state index in [0.29, 0.717) is 34.8 Å². The summed E-state index contributed by atoms with van der Waals surface area (Å²) >= 11 is 0. The fraction of sp³-hybridized carbons (Fsp3) is 0.476. The molecule has 156 valence electrons. The number of hydrogen-bond acceptors (Lipinski definition) is 6. The van der Waals surface area contributed by atoms with Crippen molar-refractivity contribution < 1.29 is 9.50 Å². The van der Waals surface area contributed by atoms with Crippen LogP contribution in [0.2, 0.25) is 0 Å². The second kappa shape index (κ2) is 9.17. The Morgan fingerprint density at radius 3 is 2.69 bits per heavy atom. The Bertz CT molecular complexity index is 953. The maximum atomic E-state index is 14.1. The first-order valence-electron chi connectivity index (χ1n) is 9.79. The van der Waals surface area contributed by atoms with Crippen LogP contribution in [0.1, 0.15) is 52.5 Å². The van der Waals surface area contributed by atoms with Gasteiger partial charge in [0.25, 0.3) is 0 Å². The summed E-state index contributed by atoms with van der Waals surface area (Å²) in [4.78, 5) is 13.6. The van der Waals surface area contributed by atoms with Crippen LogP contribution in [-0.4, -0.2) is 37.3 Å². The molecule has 0 saturated heterocycles. The van der Waals surface area contributed by atoms with Gasteiger partial charge in [0.15, 0.2) is 5.65 Å². The molecule has 0 amide bonds. The summed E-state index contributed by atoms with van der Waals surface area (Å²) in [6.07, 6.45) is 7.62. The van der Waals surface area contributed by atoms with Crippen LogP contribution in [0.15, 0.2) is 30.5 Å².